The molecule has 140 valence electrons. The second kappa shape index (κ2) is 6.38. The number of thioether (sulfide) groups is 1. The van der Waals surface area contributed by atoms with E-state index in [9.17, 15) is 9.90 Å². The van der Waals surface area contributed by atoms with E-state index in [-0.39, 0.29) is 6.54 Å². The van der Waals surface area contributed by atoms with Crippen LogP contribution in [-0.4, -0.2) is 39.8 Å². The molecule has 0 aliphatic heterocycles. The summed E-state index contributed by atoms with van der Waals surface area (Å²) >= 11 is 1.53. The molecule has 9 heteroatoms. The number of aryl methyl sites for hydroxylation is 1. The number of rotatable bonds is 5. The number of nitrogens with zero attached hydrogens (tertiary/aromatic N) is 6. The summed E-state index contributed by atoms with van der Waals surface area (Å²) in [6, 6.07) is 15.7. The molecule has 28 heavy (non-hydrogen) atoms. The lowest BCUT2D eigenvalue weighted by molar-refractivity contribution is -0.137. The van der Waals surface area contributed by atoms with Crippen LogP contribution in [0, 0.1) is 0 Å². The van der Waals surface area contributed by atoms with Gasteiger partial charge < -0.3 is 9.67 Å². The van der Waals surface area contributed by atoms with Crippen LogP contribution >= 0.6 is 11.8 Å². The van der Waals surface area contributed by atoms with Gasteiger partial charge in [0.05, 0.1) is 27.8 Å². The van der Waals surface area contributed by atoms with Crippen molar-refractivity contribution >= 4 is 45.6 Å². The predicted octanol–water partition coefficient (Wildman–Crippen LogP) is 2.95. The number of benzene rings is 2. The summed E-state index contributed by atoms with van der Waals surface area (Å²) in [7, 11) is 2.00. The highest BCUT2D eigenvalue weighted by atomic mass is 32.2. The Morgan fingerprint density at radius 2 is 1.75 bits per heavy atom. The van der Waals surface area contributed by atoms with Crippen molar-refractivity contribution < 1.29 is 9.90 Å². The number of carboxylic acids is 1. The maximum Gasteiger partial charge on any atom is 0.323 e. The van der Waals surface area contributed by atoms with Crippen molar-refractivity contribution in [3.63, 3.8) is 0 Å². The number of fused-ring (bicyclic) bond motifs is 4. The molecule has 8 nitrogen and oxygen atoms in total. The highest BCUT2D eigenvalue weighted by molar-refractivity contribution is 7.98. The quantitative estimate of drug-likeness (QED) is 0.463. The van der Waals surface area contributed by atoms with Crippen LogP contribution in [0.5, 0.6) is 0 Å². The minimum Gasteiger partial charge on any atom is -0.480 e. The third kappa shape index (κ3) is 2.55. The fourth-order valence-electron chi connectivity index (χ4n) is 3.48. The van der Waals surface area contributed by atoms with Crippen LogP contribution < -0.4 is 0 Å². The molecule has 0 unspecified atom stereocenters. The minimum absolute atomic E-state index is 0.162. The van der Waals surface area contributed by atoms with Gasteiger partial charge in [-0.15, -0.1) is 10.2 Å². The smallest absolute Gasteiger partial charge is 0.323 e. The first-order valence-electron chi connectivity index (χ1n) is 8.71. The maximum atomic E-state index is 11.3. The summed E-state index contributed by atoms with van der Waals surface area (Å²) in [5, 5.41) is 18.5. The average Bonchev–Trinajstić information content (AvgIpc) is 3.34. The molecule has 5 rings (SSSR count). The SMILES string of the molecule is Cn1c(CSc2nnc3n(CC(=O)O)c4ccccc4n23)nc2ccccc21. The lowest BCUT2D eigenvalue weighted by Crippen LogP contribution is -2.08. The third-order valence-corrected chi connectivity index (χ3v) is 5.70. The summed E-state index contributed by atoms with van der Waals surface area (Å²) in [6.07, 6.45) is 0. The number of carboxylic acid groups (broad SMARTS) is 1. The van der Waals surface area contributed by atoms with E-state index in [1.165, 1.54) is 11.8 Å². The molecule has 0 radical (unpaired) electrons. The van der Waals surface area contributed by atoms with E-state index in [2.05, 4.69) is 14.8 Å². The first-order chi connectivity index (χ1) is 13.6. The molecule has 0 aliphatic rings. The average molecular weight is 392 g/mol. The van der Waals surface area contributed by atoms with Crippen molar-refractivity contribution in [3.05, 3.63) is 54.4 Å². The predicted molar refractivity (Wildman–Crippen MR) is 106 cm³/mol. The number of para-hydroxylation sites is 4. The molecule has 1 N–H and O–H groups in total. The normalized spacial score (nSPS) is 11.8. The van der Waals surface area contributed by atoms with Gasteiger partial charge in [0.1, 0.15) is 12.4 Å². The Hall–Kier alpha value is -3.33. The van der Waals surface area contributed by atoms with E-state index >= 15 is 0 Å². The molecule has 5 aromatic rings. The van der Waals surface area contributed by atoms with Crippen molar-refractivity contribution in [2.24, 2.45) is 7.05 Å². The highest BCUT2D eigenvalue weighted by Crippen LogP contribution is 2.28. The van der Waals surface area contributed by atoms with Crippen LogP contribution in [0.1, 0.15) is 5.82 Å². The van der Waals surface area contributed by atoms with Crippen molar-refractivity contribution in [1.29, 1.82) is 0 Å². The molecule has 0 aliphatic carbocycles. The number of imidazole rings is 2. The van der Waals surface area contributed by atoms with Gasteiger partial charge in [0.25, 0.3) is 0 Å². The summed E-state index contributed by atoms with van der Waals surface area (Å²) in [5.74, 6) is 1.18. The van der Waals surface area contributed by atoms with Crippen molar-refractivity contribution in [2.75, 3.05) is 0 Å². The molecule has 0 fully saturated rings. The van der Waals surface area contributed by atoms with E-state index in [4.69, 9.17) is 4.98 Å². The highest BCUT2D eigenvalue weighted by Gasteiger charge is 2.19. The molecule has 0 amide bonds. The van der Waals surface area contributed by atoms with E-state index < -0.39 is 5.97 Å². The Kier molecular flexibility index (Phi) is 3.83. The zero-order valence-electron chi connectivity index (χ0n) is 15.0. The molecule has 0 spiro atoms. The van der Waals surface area contributed by atoms with Gasteiger partial charge in [-0.25, -0.2) is 4.98 Å². The fraction of sp³-hybridized carbons (Fsp3) is 0.158. The van der Waals surface area contributed by atoms with Gasteiger partial charge in [0.2, 0.25) is 5.78 Å². The van der Waals surface area contributed by atoms with Crippen LogP contribution in [0.2, 0.25) is 0 Å². The minimum atomic E-state index is -0.917. The second-order valence-electron chi connectivity index (χ2n) is 6.45. The second-order valence-corrected chi connectivity index (χ2v) is 7.39. The van der Waals surface area contributed by atoms with Crippen molar-refractivity contribution in [2.45, 2.75) is 17.5 Å². The van der Waals surface area contributed by atoms with Crippen LogP contribution in [0.15, 0.2) is 53.7 Å². The van der Waals surface area contributed by atoms with E-state index in [0.717, 1.165) is 27.9 Å². The zero-order chi connectivity index (χ0) is 19.3. The van der Waals surface area contributed by atoms with Crippen LogP contribution in [0.25, 0.3) is 27.8 Å². The Morgan fingerprint density at radius 3 is 2.50 bits per heavy atom. The van der Waals surface area contributed by atoms with Crippen LogP contribution in [-0.2, 0) is 24.1 Å². The Balaban J connectivity index is 1.56. The topological polar surface area (TPSA) is 90.2 Å². The van der Waals surface area contributed by atoms with E-state index in [1.807, 2.05) is 60.0 Å². The summed E-state index contributed by atoms with van der Waals surface area (Å²) < 4.78 is 5.66. The summed E-state index contributed by atoms with van der Waals surface area (Å²) in [5.41, 5.74) is 3.75. The lowest BCUT2D eigenvalue weighted by Gasteiger charge is -2.01. The number of hydrogen-bond donors (Lipinski definition) is 1. The van der Waals surface area contributed by atoms with Crippen LogP contribution in [0.3, 0.4) is 0 Å². The maximum absolute atomic E-state index is 11.3. The fourth-order valence-corrected chi connectivity index (χ4v) is 4.40. The molecular weight excluding hydrogens is 376 g/mol. The molecule has 0 bridgehead atoms. The van der Waals surface area contributed by atoms with Gasteiger partial charge in [-0.1, -0.05) is 36.0 Å². The number of carbonyl (C=O) groups is 1. The summed E-state index contributed by atoms with van der Waals surface area (Å²) in [4.78, 5) is 16.0. The van der Waals surface area contributed by atoms with Crippen LogP contribution in [0.4, 0.5) is 0 Å². The molecule has 0 saturated carbocycles. The molecule has 0 atom stereocenters. The van der Waals surface area contributed by atoms with Gasteiger partial charge in [-0.3, -0.25) is 13.8 Å². The van der Waals surface area contributed by atoms with Gasteiger partial charge >= 0.3 is 5.97 Å². The Morgan fingerprint density at radius 1 is 1.04 bits per heavy atom. The van der Waals surface area contributed by atoms with Crippen molar-refractivity contribution in [3.8, 4) is 0 Å². The first-order valence-corrected chi connectivity index (χ1v) is 9.69. The largest absolute Gasteiger partial charge is 0.480 e. The molecule has 3 heterocycles. The number of aromatic nitrogens is 6. The number of aliphatic carboxylic acids is 1. The van der Waals surface area contributed by atoms with Crippen molar-refractivity contribution in [1.82, 2.24) is 28.7 Å². The van der Waals surface area contributed by atoms with Gasteiger partial charge in [-0.05, 0) is 24.3 Å². The van der Waals surface area contributed by atoms with Gasteiger partial charge in [0.15, 0.2) is 5.16 Å². The Labute approximate surface area is 163 Å². The Bertz CT molecular complexity index is 1350. The monoisotopic (exact) mass is 392 g/mol. The molecule has 0 saturated heterocycles. The lowest BCUT2D eigenvalue weighted by atomic mass is 10.3. The van der Waals surface area contributed by atoms with Gasteiger partial charge in [-0.2, -0.15) is 0 Å². The number of hydrogen-bond acceptors (Lipinski definition) is 5. The standard InChI is InChI=1S/C19H16N6O2S/c1-23-13-7-3-2-6-12(13)20-16(23)11-28-19-22-21-18-24(10-17(26)27)14-8-4-5-9-15(14)25(18)19/h2-9H,10-11H2,1H3,(H,26,27). The first kappa shape index (κ1) is 16.8. The molecule has 2 aromatic carbocycles. The molecular formula is C19H16N6O2S. The van der Waals surface area contributed by atoms with E-state index in [1.54, 1.807) is 4.57 Å². The summed E-state index contributed by atoms with van der Waals surface area (Å²) in [6.45, 7) is -0.162. The van der Waals surface area contributed by atoms with Gasteiger partial charge in [0, 0.05) is 7.05 Å². The zero-order valence-corrected chi connectivity index (χ0v) is 15.8. The third-order valence-electron chi connectivity index (χ3n) is 4.77. The molecule has 3 aromatic heterocycles. The van der Waals surface area contributed by atoms with E-state index in [0.29, 0.717) is 16.7 Å².